The van der Waals surface area contributed by atoms with Crippen molar-refractivity contribution in [3.8, 4) is 23.0 Å². The molecule has 4 aromatic carbocycles. The summed E-state index contributed by atoms with van der Waals surface area (Å²) in [5.74, 6) is -1.46. The molecule has 4 heterocycles. The Hall–Kier alpha value is -4.93. The number of aliphatic hydroxyl groups is 2. The van der Waals surface area contributed by atoms with Gasteiger partial charge in [0.15, 0.2) is 40.7 Å². The minimum Gasteiger partial charge on any atom is -0.486 e. The average molecular weight is 830 g/mol. The summed E-state index contributed by atoms with van der Waals surface area (Å²) in [6, 6.07) is 14.9. The number of halogens is 2. The highest BCUT2D eigenvalue weighted by molar-refractivity contribution is 5.84. The monoisotopic (exact) mass is 829 g/mol. The highest BCUT2D eigenvalue weighted by atomic mass is 19.1. The molecule has 0 aromatic heterocycles. The number of hydrogen-bond donors (Lipinski definition) is 4. The van der Waals surface area contributed by atoms with Crippen molar-refractivity contribution in [3.05, 3.63) is 99.5 Å². The molecule has 0 radical (unpaired) electrons. The highest BCUT2D eigenvalue weighted by Gasteiger charge is 2.32. The summed E-state index contributed by atoms with van der Waals surface area (Å²) in [6.07, 6.45) is 2.40. The number of amides is 1. The number of nitrogens with one attached hydrogen (secondary N) is 1. The summed E-state index contributed by atoms with van der Waals surface area (Å²) < 4.78 is 53.1. The number of aryl methyl sites for hydroxylation is 1. The summed E-state index contributed by atoms with van der Waals surface area (Å²) in [6.45, 7) is 4.90. The van der Waals surface area contributed by atoms with E-state index in [1.807, 2.05) is 36.4 Å². The predicted molar refractivity (Wildman–Crippen MR) is 220 cm³/mol. The smallest absolute Gasteiger partial charge is 0.248 e. The number of aliphatic hydroxyl groups excluding tert-OH is 2. The largest absolute Gasteiger partial charge is 0.486 e. The molecule has 6 unspecified atom stereocenters. The third-order valence-corrected chi connectivity index (χ3v) is 12.0. The number of likely N-dealkylation sites (tertiary alicyclic amines) is 2. The van der Waals surface area contributed by atoms with Gasteiger partial charge >= 0.3 is 0 Å². The lowest BCUT2D eigenvalue weighted by molar-refractivity contribution is -0.124. The molecule has 8 rings (SSSR count). The normalized spacial score (nSPS) is 20.4. The molecule has 2 saturated heterocycles. The van der Waals surface area contributed by atoms with Crippen molar-refractivity contribution in [2.24, 2.45) is 10.9 Å². The first-order valence-corrected chi connectivity index (χ1v) is 21.0. The van der Waals surface area contributed by atoms with E-state index in [1.54, 1.807) is 6.07 Å². The molecule has 60 heavy (non-hydrogen) atoms. The van der Waals surface area contributed by atoms with Crippen LogP contribution in [0.5, 0.6) is 23.0 Å². The van der Waals surface area contributed by atoms with Gasteiger partial charge in [-0.1, -0.05) is 41.6 Å². The average Bonchev–Trinajstić information content (AvgIpc) is 3.98. The number of nitrogens with zero attached hydrogens (tertiary/aromatic N) is 3. The minimum absolute atomic E-state index is 0.00938. The van der Waals surface area contributed by atoms with E-state index in [0.717, 1.165) is 73.8 Å². The summed E-state index contributed by atoms with van der Waals surface area (Å²) in [5.41, 5.74) is 8.78. The fourth-order valence-electron chi connectivity index (χ4n) is 8.79. The second kappa shape index (κ2) is 18.8. The number of benzene rings is 4. The number of hydrogen-bond acceptors (Lipinski definition) is 12. The molecule has 320 valence electrons. The number of rotatable bonds is 16. The molecule has 0 aliphatic carbocycles. The van der Waals surface area contributed by atoms with Crippen molar-refractivity contribution in [2.75, 3.05) is 59.1 Å². The van der Waals surface area contributed by atoms with Gasteiger partial charge in [0, 0.05) is 25.6 Å². The van der Waals surface area contributed by atoms with Crippen LogP contribution in [0.2, 0.25) is 0 Å². The molecule has 1 amide bonds. The third-order valence-electron chi connectivity index (χ3n) is 12.0. The van der Waals surface area contributed by atoms with Crippen LogP contribution in [0, 0.1) is 16.5 Å². The van der Waals surface area contributed by atoms with Crippen LogP contribution in [0.1, 0.15) is 66.6 Å². The van der Waals surface area contributed by atoms with Crippen LogP contribution in [-0.2, 0) is 17.6 Å². The Morgan fingerprint density at radius 1 is 0.783 bits per heavy atom. The Kier molecular flexibility index (Phi) is 13.1. The molecule has 4 aliphatic heterocycles. The summed E-state index contributed by atoms with van der Waals surface area (Å²) in [4.78, 5) is 30.0. The van der Waals surface area contributed by atoms with Gasteiger partial charge in [0.25, 0.3) is 0 Å². The van der Waals surface area contributed by atoms with E-state index in [1.165, 1.54) is 18.2 Å². The van der Waals surface area contributed by atoms with Crippen molar-refractivity contribution in [3.63, 3.8) is 0 Å². The van der Waals surface area contributed by atoms with E-state index in [4.69, 9.17) is 24.7 Å². The molecule has 2 fully saturated rings. The van der Waals surface area contributed by atoms with Crippen LogP contribution in [-0.4, -0.2) is 109 Å². The van der Waals surface area contributed by atoms with E-state index in [2.05, 4.69) is 20.3 Å². The third kappa shape index (κ3) is 9.66. The Labute approximate surface area is 347 Å². The first-order chi connectivity index (χ1) is 29.1. The number of fused-ring (bicyclic) bond motifs is 3. The second-order valence-electron chi connectivity index (χ2n) is 16.5. The van der Waals surface area contributed by atoms with Crippen LogP contribution in [0.15, 0.2) is 65.8 Å². The molecular formula is C45H53F2N5O8. The van der Waals surface area contributed by atoms with Gasteiger partial charge in [-0.2, -0.15) is 0 Å². The number of nitrogens with two attached hydrogens (primary N) is 1. The van der Waals surface area contributed by atoms with Gasteiger partial charge in [-0.3, -0.25) is 4.79 Å². The van der Waals surface area contributed by atoms with Crippen LogP contribution in [0.4, 0.5) is 8.78 Å². The van der Waals surface area contributed by atoms with Crippen molar-refractivity contribution in [1.82, 2.24) is 15.1 Å². The van der Waals surface area contributed by atoms with Crippen molar-refractivity contribution < 1.29 is 42.7 Å². The lowest BCUT2D eigenvalue weighted by Gasteiger charge is -2.30. The Bertz CT molecular complexity index is 2170. The molecule has 0 bridgehead atoms. The number of carbonyl (C=O) groups is 1. The number of carbonyl (C=O) groups excluding carboxylic acids is 1. The van der Waals surface area contributed by atoms with Gasteiger partial charge in [0.2, 0.25) is 5.91 Å². The first-order valence-electron chi connectivity index (χ1n) is 21.0. The van der Waals surface area contributed by atoms with Gasteiger partial charge in [0.05, 0.1) is 12.1 Å². The van der Waals surface area contributed by atoms with Gasteiger partial charge in [0.1, 0.15) is 32.0 Å². The Morgan fingerprint density at radius 2 is 1.40 bits per heavy atom. The summed E-state index contributed by atoms with van der Waals surface area (Å²) in [5, 5.41) is 30.5. The maximum atomic E-state index is 15.1. The van der Waals surface area contributed by atoms with E-state index in [0.29, 0.717) is 31.5 Å². The zero-order valence-corrected chi connectivity index (χ0v) is 33.6. The van der Waals surface area contributed by atoms with Crippen molar-refractivity contribution in [1.29, 1.82) is 0 Å². The number of ether oxygens (including phenoxy) is 4. The maximum Gasteiger partial charge on any atom is 0.248 e. The van der Waals surface area contributed by atoms with E-state index in [-0.39, 0.29) is 54.8 Å². The first kappa shape index (κ1) is 41.8. The van der Waals surface area contributed by atoms with Crippen LogP contribution in [0.25, 0.3) is 10.8 Å². The van der Waals surface area contributed by atoms with E-state index >= 15 is 4.39 Å². The molecule has 6 atom stereocenters. The minimum atomic E-state index is -1.29. The van der Waals surface area contributed by atoms with E-state index < -0.39 is 54.0 Å². The van der Waals surface area contributed by atoms with Crippen molar-refractivity contribution in [2.45, 2.75) is 81.4 Å². The summed E-state index contributed by atoms with van der Waals surface area (Å²) >= 11 is 0. The fraction of sp³-hybridized carbons (Fsp3) is 0.489. The van der Waals surface area contributed by atoms with Crippen LogP contribution >= 0.6 is 0 Å². The Balaban J connectivity index is 0.902. The standard InChI is InChI=1S/C45H53F2N5O8/c46-34-21-32(22-39-43(34)58-16-15-57-39)42(54)38(25-52-13-3-4-14-52)49-45(55)37(50-56)10-7-27-5-8-29-9-6-28(18-30(29)17-27)19-33-26-59-44-35(47)20-31(23-40(44)60-33)41(53)36(48)24-51-11-1-2-12-51/h5-6,8-9,17-18,20-23,33,36-38,41-42,53-54H,1-4,7,10-16,19,24-26,48H2,(H,49,55). The zero-order chi connectivity index (χ0) is 41.8. The molecule has 0 saturated carbocycles. The SMILES string of the molecule is NC(CN1CCCC1)C(O)c1cc(F)c2c(c1)OC(Cc1ccc3ccc(CCC(N=O)C(=O)NC(CN4CCCC4)C(O)c4cc(F)c5c(c4)OCCO5)cc3c1)CO2. The molecule has 0 spiro atoms. The van der Waals surface area contributed by atoms with Gasteiger partial charge in [-0.25, -0.2) is 8.78 Å². The molecule has 15 heteroatoms. The molecule has 4 aliphatic rings. The van der Waals surface area contributed by atoms with Crippen LogP contribution in [0.3, 0.4) is 0 Å². The fourth-order valence-corrected chi connectivity index (χ4v) is 8.79. The highest BCUT2D eigenvalue weighted by Crippen LogP contribution is 2.39. The number of nitroso groups, excluding NO2 is 1. The predicted octanol–water partition coefficient (Wildman–Crippen LogP) is 5.11. The molecular weight excluding hydrogens is 777 g/mol. The quantitative estimate of drug-likeness (QED) is 0.111. The molecule has 13 nitrogen and oxygen atoms in total. The van der Waals surface area contributed by atoms with Crippen molar-refractivity contribution >= 4 is 16.7 Å². The van der Waals surface area contributed by atoms with E-state index in [9.17, 15) is 24.3 Å². The topological polar surface area (TPSA) is 168 Å². The van der Waals surface area contributed by atoms with Gasteiger partial charge in [-0.05, 0) is 122 Å². The van der Waals surface area contributed by atoms with Gasteiger partial charge in [-0.15, -0.1) is 4.91 Å². The molecule has 5 N–H and O–H groups in total. The summed E-state index contributed by atoms with van der Waals surface area (Å²) in [7, 11) is 0. The second-order valence-corrected chi connectivity index (χ2v) is 16.5. The molecule has 4 aromatic rings. The lowest BCUT2D eigenvalue weighted by Crippen LogP contribution is -2.49. The van der Waals surface area contributed by atoms with Crippen LogP contribution < -0.4 is 30.0 Å². The Morgan fingerprint density at radius 3 is 2.12 bits per heavy atom. The zero-order valence-electron chi connectivity index (χ0n) is 33.6. The van der Waals surface area contributed by atoms with Gasteiger partial charge < -0.3 is 50.0 Å². The lowest BCUT2D eigenvalue weighted by atomic mass is 9.97. The maximum absolute atomic E-state index is 15.1.